The fourth-order valence-electron chi connectivity index (χ4n) is 2.95. The van der Waals surface area contributed by atoms with Gasteiger partial charge in [0.1, 0.15) is 24.6 Å². The van der Waals surface area contributed by atoms with Crippen molar-refractivity contribution in [3.8, 4) is 5.69 Å². The van der Waals surface area contributed by atoms with E-state index in [1.54, 1.807) is 19.9 Å². The van der Waals surface area contributed by atoms with Crippen LogP contribution in [0.4, 0.5) is 17.1 Å². The predicted molar refractivity (Wildman–Crippen MR) is 99.6 cm³/mol. The molecule has 1 aromatic carbocycles. The molecule has 3 rings (SSSR count). The molecule has 27 heavy (non-hydrogen) atoms. The topological polar surface area (TPSA) is 125 Å². The van der Waals surface area contributed by atoms with Gasteiger partial charge in [0.2, 0.25) is 0 Å². The van der Waals surface area contributed by atoms with Gasteiger partial charge >= 0.3 is 7.60 Å². The number of hydrogen-bond donors (Lipinski definition) is 1. The molecule has 0 unspecified atom stereocenters. The lowest BCUT2D eigenvalue weighted by Crippen LogP contribution is -2.35. The molecule has 0 radical (unpaired) electrons. The van der Waals surface area contributed by atoms with Crippen molar-refractivity contribution >= 4 is 24.7 Å². The normalized spacial score (nSPS) is 13.9. The second-order valence-corrected chi connectivity index (χ2v) is 7.75. The van der Waals surface area contributed by atoms with Crippen LogP contribution in [0.5, 0.6) is 0 Å². The first-order valence-electron chi connectivity index (χ1n) is 8.51. The fraction of sp³-hybridized carbons (Fsp3) is 0.467. The summed E-state index contributed by atoms with van der Waals surface area (Å²) in [6.07, 6.45) is 2.75. The van der Waals surface area contributed by atoms with Crippen molar-refractivity contribution in [1.82, 2.24) is 14.8 Å². The quantitative estimate of drug-likeness (QED) is 0.407. The van der Waals surface area contributed by atoms with E-state index in [-0.39, 0.29) is 30.9 Å². The Morgan fingerprint density at radius 2 is 2.04 bits per heavy atom. The van der Waals surface area contributed by atoms with Gasteiger partial charge in [-0.1, -0.05) is 0 Å². The van der Waals surface area contributed by atoms with E-state index in [2.05, 4.69) is 15.4 Å². The highest BCUT2D eigenvalue weighted by molar-refractivity contribution is 7.54. The zero-order valence-corrected chi connectivity index (χ0v) is 16.0. The minimum atomic E-state index is -3.32. The molecule has 11 nitrogen and oxygen atoms in total. The van der Waals surface area contributed by atoms with Gasteiger partial charge in [-0.3, -0.25) is 14.7 Å². The minimum Gasteiger partial charge on any atom is -0.381 e. The third-order valence-corrected chi connectivity index (χ3v) is 5.98. The Morgan fingerprint density at radius 1 is 1.30 bits per heavy atom. The molecular weight excluding hydrogens is 375 g/mol. The van der Waals surface area contributed by atoms with Crippen LogP contribution in [0.2, 0.25) is 0 Å². The highest BCUT2D eigenvalue weighted by atomic mass is 31.2. The number of nitro benzene ring substituents is 1. The lowest BCUT2D eigenvalue weighted by atomic mass is 10.1. The summed E-state index contributed by atoms with van der Waals surface area (Å²) in [5, 5.41) is 18.6. The van der Waals surface area contributed by atoms with Gasteiger partial charge in [0.15, 0.2) is 0 Å². The molecule has 1 aromatic heterocycles. The van der Waals surface area contributed by atoms with Crippen molar-refractivity contribution in [2.75, 3.05) is 42.8 Å². The lowest BCUT2D eigenvalue weighted by molar-refractivity contribution is -0.384. The van der Waals surface area contributed by atoms with Crippen LogP contribution in [-0.2, 0) is 13.6 Å². The maximum Gasteiger partial charge on any atom is 0.349 e. The largest absolute Gasteiger partial charge is 0.381 e. The van der Waals surface area contributed by atoms with E-state index in [4.69, 9.17) is 9.05 Å². The van der Waals surface area contributed by atoms with Gasteiger partial charge in [-0.05, 0) is 19.9 Å². The molecule has 0 fully saturated rings. The van der Waals surface area contributed by atoms with Crippen LogP contribution in [0.3, 0.4) is 0 Å². The second kappa shape index (κ2) is 8.03. The number of nitro groups is 1. The number of rotatable bonds is 8. The molecule has 1 N–H and O–H groups in total. The molecule has 0 aliphatic carbocycles. The van der Waals surface area contributed by atoms with Crippen molar-refractivity contribution in [3.05, 3.63) is 34.9 Å². The molecule has 2 aromatic rings. The average molecular weight is 396 g/mol. The Labute approximate surface area is 156 Å². The van der Waals surface area contributed by atoms with Gasteiger partial charge in [-0.2, -0.15) is 5.10 Å². The van der Waals surface area contributed by atoms with E-state index < -0.39 is 12.5 Å². The van der Waals surface area contributed by atoms with Crippen LogP contribution in [-0.4, -0.2) is 52.3 Å². The number of anilines is 2. The number of aromatic nitrogens is 3. The summed E-state index contributed by atoms with van der Waals surface area (Å²) in [5.74, 6) is 0. The van der Waals surface area contributed by atoms with Crippen molar-refractivity contribution in [2.45, 2.75) is 13.8 Å². The van der Waals surface area contributed by atoms with E-state index in [9.17, 15) is 14.7 Å². The number of benzene rings is 1. The molecule has 1 aliphatic heterocycles. The Kier molecular flexibility index (Phi) is 5.73. The van der Waals surface area contributed by atoms with E-state index in [0.717, 1.165) is 0 Å². The monoisotopic (exact) mass is 396 g/mol. The zero-order valence-electron chi connectivity index (χ0n) is 15.1. The van der Waals surface area contributed by atoms with Crippen LogP contribution < -0.4 is 10.2 Å². The molecule has 0 bridgehead atoms. The molecule has 12 heteroatoms. The van der Waals surface area contributed by atoms with Crippen LogP contribution in [0.25, 0.3) is 5.69 Å². The maximum absolute atomic E-state index is 12.9. The van der Waals surface area contributed by atoms with E-state index >= 15 is 0 Å². The first-order chi connectivity index (χ1) is 13.0. The van der Waals surface area contributed by atoms with E-state index in [0.29, 0.717) is 24.5 Å². The van der Waals surface area contributed by atoms with Gasteiger partial charge < -0.3 is 19.3 Å². The highest BCUT2D eigenvalue weighted by Gasteiger charge is 2.32. The highest BCUT2D eigenvalue weighted by Crippen LogP contribution is 2.50. The first kappa shape index (κ1) is 19.3. The number of fused-ring (bicyclic) bond motifs is 1. The Bertz CT molecular complexity index is 849. The molecule has 2 heterocycles. The summed E-state index contributed by atoms with van der Waals surface area (Å²) >= 11 is 0. The zero-order chi connectivity index (χ0) is 19.4. The van der Waals surface area contributed by atoms with Crippen molar-refractivity contribution < 1.29 is 18.5 Å². The Balaban J connectivity index is 2.03. The number of nitrogens with one attached hydrogen (secondary N) is 1. The summed E-state index contributed by atoms with van der Waals surface area (Å²) in [7, 11) is -3.32. The molecule has 0 saturated heterocycles. The third-order valence-electron chi connectivity index (χ3n) is 3.99. The van der Waals surface area contributed by atoms with Crippen LogP contribution >= 0.6 is 7.60 Å². The van der Waals surface area contributed by atoms with Crippen LogP contribution in [0.15, 0.2) is 24.8 Å². The number of nitrogens with zero attached hydrogens (tertiary/aromatic N) is 5. The van der Waals surface area contributed by atoms with Gasteiger partial charge in [-0.15, -0.1) is 0 Å². The van der Waals surface area contributed by atoms with Gasteiger partial charge in [0.05, 0.1) is 29.5 Å². The molecule has 146 valence electrons. The minimum absolute atomic E-state index is 0.0535. The molecular formula is C15H21N6O5P. The smallest absolute Gasteiger partial charge is 0.349 e. The lowest BCUT2D eigenvalue weighted by Gasteiger charge is -2.34. The summed E-state index contributed by atoms with van der Waals surface area (Å²) in [5.41, 5.74) is 1.41. The van der Waals surface area contributed by atoms with Crippen LogP contribution in [0.1, 0.15) is 13.8 Å². The average Bonchev–Trinajstić information content (AvgIpc) is 3.15. The summed E-state index contributed by atoms with van der Waals surface area (Å²) in [6, 6.07) is 3.08. The van der Waals surface area contributed by atoms with E-state index in [1.807, 2.05) is 4.90 Å². The molecule has 1 aliphatic rings. The summed E-state index contributed by atoms with van der Waals surface area (Å²) in [4.78, 5) is 16.7. The van der Waals surface area contributed by atoms with Gasteiger partial charge in [-0.25, -0.2) is 9.67 Å². The Hall–Kier alpha value is -2.49. The van der Waals surface area contributed by atoms with Crippen LogP contribution in [0, 0.1) is 10.1 Å². The van der Waals surface area contributed by atoms with Crippen molar-refractivity contribution in [2.24, 2.45) is 0 Å². The molecule has 0 atom stereocenters. The Morgan fingerprint density at radius 3 is 2.63 bits per heavy atom. The summed E-state index contributed by atoms with van der Waals surface area (Å²) < 4.78 is 25.0. The standard InChI is InChI=1S/C15H21N6O5P/c1-3-25-27(24,26-4-2)11-19-6-5-17-12-7-15(21(22)23)14(8-13(12)19)20-10-16-9-18-20/h7-10,17H,3-6,11H2,1-2H3. The van der Waals surface area contributed by atoms with Crippen molar-refractivity contribution in [3.63, 3.8) is 0 Å². The second-order valence-electron chi connectivity index (χ2n) is 5.73. The van der Waals surface area contributed by atoms with Gasteiger partial charge in [0, 0.05) is 19.2 Å². The van der Waals surface area contributed by atoms with Gasteiger partial charge in [0.25, 0.3) is 5.69 Å². The first-order valence-corrected chi connectivity index (χ1v) is 10.2. The molecule has 0 amide bonds. The fourth-order valence-corrected chi connectivity index (χ4v) is 4.68. The molecule has 0 saturated carbocycles. The third kappa shape index (κ3) is 4.10. The molecule has 0 spiro atoms. The summed E-state index contributed by atoms with van der Waals surface area (Å²) in [6.45, 7) is 5.13. The SMILES string of the molecule is CCOP(=O)(CN1CCNc2cc([N+](=O)[O-])c(-n3cncn3)cc21)OCC. The maximum atomic E-state index is 12.9. The van der Waals surface area contributed by atoms with E-state index in [1.165, 1.54) is 23.4 Å². The van der Waals surface area contributed by atoms with Crippen molar-refractivity contribution in [1.29, 1.82) is 0 Å². The number of hydrogen-bond acceptors (Lipinski definition) is 9. The predicted octanol–water partition coefficient (Wildman–Crippen LogP) is 2.63.